The molecular weight excluding hydrogens is 358 g/mol. The molecular formula is C9H4F5IN2. The maximum Gasteiger partial charge on any atom is 0.418 e. The molecule has 17 heavy (non-hydrogen) atoms. The van der Waals surface area contributed by atoms with E-state index in [1.54, 1.807) is 6.07 Å². The molecule has 1 aromatic rings. The molecule has 0 N–H and O–H groups in total. The van der Waals surface area contributed by atoms with Crippen molar-refractivity contribution < 1.29 is 22.0 Å². The minimum absolute atomic E-state index is 0.363. The van der Waals surface area contributed by atoms with E-state index in [0.29, 0.717) is 6.20 Å². The lowest BCUT2D eigenvalue weighted by Crippen LogP contribution is -2.13. The summed E-state index contributed by atoms with van der Waals surface area (Å²) in [6.45, 7) is 0. The number of hydrogen-bond donors (Lipinski definition) is 0. The summed E-state index contributed by atoms with van der Waals surface area (Å²) in [6.07, 6.45) is -7.85. The van der Waals surface area contributed by atoms with E-state index in [9.17, 15) is 22.0 Å². The van der Waals surface area contributed by atoms with Gasteiger partial charge in [-0.15, -0.1) is 0 Å². The van der Waals surface area contributed by atoms with E-state index in [1.807, 2.05) is 0 Å². The van der Waals surface area contributed by atoms with Crippen molar-refractivity contribution in [2.75, 3.05) is 0 Å². The van der Waals surface area contributed by atoms with Crippen LogP contribution >= 0.6 is 22.6 Å². The van der Waals surface area contributed by atoms with Crippen molar-refractivity contribution >= 4 is 22.6 Å². The highest BCUT2D eigenvalue weighted by atomic mass is 127. The van der Waals surface area contributed by atoms with Crippen LogP contribution < -0.4 is 0 Å². The Labute approximate surface area is 107 Å². The van der Waals surface area contributed by atoms with Gasteiger partial charge in [0, 0.05) is 15.3 Å². The predicted molar refractivity (Wildman–Crippen MR) is 56.2 cm³/mol. The van der Waals surface area contributed by atoms with Crippen molar-refractivity contribution in [2.24, 2.45) is 0 Å². The van der Waals surface area contributed by atoms with Gasteiger partial charge in [0.2, 0.25) is 0 Å². The van der Waals surface area contributed by atoms with Crippen LogP contribution in [-0.4, -0.2) is 4.98 Å². The maximum absolute atomic E-state index is 12.5. The average Bonchev–Trinajstić information content (AvgIpc) is 2.18. The molecule has 0 saturated carbocycles. The Bertz CT molecular complexity index is 464. The van der Waals surface area contributed by atoms with Crippen molar-refractivity contribution in [3.63, 3.8) is 0 Å². The van der Waals surface area contributed by atoms with Crippen molar-refractivity contribution in [3.05, 3.63) is 26.6 Å². The summed E-state index contributed by atoms with van der Waals surface area (Å²) in [7, 11) is 0. The van der Waals surface area contributed by atoms with E-state index in [-0.39, 0.29) is 5.56 Å². The van der Waals surface area contributed by atoms with E-state index in [0.717, 1.165) is 0 Å². The summed E-state index contributed by atoms with van der Waals surface area (Å²) in [5.41, 5.74) is -2.24. The van der Waals surface area contributed by atoms with Crippen molar-refractivity contribution in [1.82, 2.24) is 4.98 Å². The summed E-state index contributed by atoms with van der Waals surface area (Å²) in [6, 6.07) is 1.55. The summed E-state index contributed by atoms with van der Waals surface area (Å²) in [5.74, 6) is 0. The number of nitriles is 1. The number of pyridine rings is 1. The van der Waals surface area contributed by atoms with Crippen LogP contribution in [0, 0.1) is 14.9 Å². The molecule has 0 bridgehead atoms. The molecule has 0 fully saturated rings. The quantitative estimate of drug-likeness (QED) is 0.594. The molecule has 0 spiro atoms. The molecule has 0 radical (unpaired) electrons. The first-order chi connectivity index (χ1) is 7.79. The standard InChI is InChI=1S/C9H4F5IN2/c10-8(11)7-4(1-2-16)6(15)5(3-17-7)9(12,13)14/h3,8H,1H2. The lowest BCUT2D eigenvalue weighted by molar-refractivity contribution is -0.138. The number of halogens is 6. The molecule has 1 rings (SSSR count). The zero-order valence-corrected chi connectivity index (χ0v) is 10.2. The first kappa shape index (κ1) is 14.1. The van der Waals surface area contributed by atoms with Gasteiger partial charge in [-0.1, -0.05) is 0 Å². The van der Waals surface area contributed by atoms with Gasteiger partial charge in [0.15, 0.2) is 0 Å². The van der Waals surface area contributed by atoms with E-state index in [4.69, 9.17) is 5.26 Å². The van der Waals surface area contributed by atoms with Crippen LogP contribution in [0.3, 0.4) is 0 Å². The summed E-state index contributed by atoms with van der Waals surface area (Å²) in [4.78, 5) is 3.10. The summed E-state index contributed by atoms with van der Waals surface area (Å²) in [5, 5.41) is 8.44. The van der Waals surface area contributed by atoms with Gasteiger partial charge in [-0.2, -0.15) is 18.4 Å². The molecule has 0 aliphatic carbocycles. The van der Waals surface area contributed by atoms with Crippen LogP contribution in [0.15, 0.2) is 6.20 Å². The van der Waals surface area contributed by atoms with E-state index in [2.05, 4.69) is 4.98 Å². The van der Waals surface area contributed by atoms with Crippen LogP contribution in [0.1, 0.15) is 23.2 Å². The molecule has 1 heterocycles. The van der Waals surface area contributed by atoms with Crippen molar-refractivity contribution in [2.45, 2.75) is 19.0 Å². The second-order valence-corrected chi connectivity index (χ2v) is 4.06. The van der Waals surface area contributed by atoms with Gasteiger partial charge in [-0.05, 0) is 22.6 Å². The third-order valence-corrected chi connectivity index (χ3v) is 3.14. The fourth-order valence-electron chi connectivity index (χ4n) is 1.18. The zero-order chi connectivity index (χ0) is 13.2. The number of aromatic nitrogens is 1. The van der Waals surface area contributed by atoms with Gasteiger partial charge in [0.1, 0.15) is 5.69 Å². The van der Waals surface area contributed by atoms with Gasteiger partial charge in [-0.3, -0.25) is 4.98 Å². The van der Waals surface area contributed by atoms with Crippen LogP contribution in [0.5, 0.6) is 0 Å². The first-order valence-corrected chi connectivity index (χ1v) is 5.26. The number of alkyl halides is 5. The second kappa shape index (κ2) is 5.12. The monoisotopic (exact) mass is 362 g/mol. The molecule has 0 aromatic carbocycles. The molecule has 1 aromatic heterocycles. The highest BCUT2D eigenvalue weighted by Gasteiger charge is 2.35. The highest BCUT2D eigenvalue weighted by Crippen LogP contribution is 2.36. The smallest absolute Gasteiger partial charge is 0.254 e. The minimum atomic E-state index is -4.67. The van der Waals surface area contributed by atoms with Crippen molar-refractivity contribution in [3.8, 4) is 6.07 Å². The Morgan fingerprint density at radius 2 is 2.00 bits per heavy atom. The van der Waals surface area contributed by atoms with Gasteiger partial charge in [0.05, 0.1) is 18.1 Å². The molecule has 0 aliphatic rings. The minimum Gasteiger partial charge on any atom is -0.254 e. The highest BCUT2D eigenvalue weighted by molar-refractivity contribution is 14.1. The second-order valence-electron chi connectivity index (χ2n) is 2.98. The maximum atomic E-state index is 12.5. The van der Waals surface area contributed by atoms with Crippen LogP contribution in [-0.2, 0) is 12.6 Å². The fourth-order valence-corrected chi connectivity index (χ4v) is 2.09. The zero-order valence-electron chi connectivity index (χ0n) is 8.02. The Balaban J connectivity index is 3.45. The molecule has 0 aliphatic heterocycles. The lowest BCUT2D eigenvalue weighted by Gasteiger charge is -2.13. The van der Waals surface area contributed by atoms with Crippen LogP contribution in [0.25, 0.3) is 0 Å². The van der Waals surface area contributed by atoms with Crippen LogP contribution in [0.4, 0.5) is 22.0 Å². The lowest BCUT2D eigenvalue weighted by atomic mass is 10.1. The summed E-state index contributed by atoms with van der Waals surface area (Å²) < 4.78 is 62.1. The van der Waals surface area contributed by atoms with Crippen molar-refractivity contribution in [1.29, 1.82) is 5.26 Å². The Hall–Kier alpha value is -0.980. The molecule has 92 valence electrons. The van der Waals surface area contributed by atoms with E-state index < -0.39 is 33.9 Å². The topological polar surface area (TPSA) is 36.7 Å². The normalized spacial score (nSPS) is 11.6. The van der Waals surface area contributed by atoms with Crippen LogP contribution in [0.2, 0.25) is 0 Å². The van der Waals surface area contributed by atoms with Gasteiger partial charge in [-0.25, -0.2) is 8.78 Å². The van der Waals surface area contributed by atoms with Gasteiger partial charge >= 0.3 is 6.18 Å². The number of hydrogen-bond acceptors (Lipinski definition) is 2. The molecule has 2 nitrogen and oxygen atoms in total. The number of rotatable bonds is 2. The Morgan fingerprint density at radius 1 is 1.41 bits per heavy atom. The molecule has 0 atom stereocenters. The molecule has 0 saturated heterocycles. The third-order valence-electron chi connectivity index (χ3n) is 1.91. The first-order valence-electron chi connectivity index (χ1n) is 4.18. The molecule has 0 unspecified atom stereocenters. The largest absolute Gasteiger partial charge is 0.418 e. The predicted octanol–water partition coefficient (Wildman–Crippen LogP) is 3.71. The Kier molecular flexibility index (Phi) is 4.24. The number of nitrogens with zero attached hydrogens (tertiary/aromatic N) is 2. The molecule has 0 amide bonds. The van der Waals surface area contributed by atoms with Gasteiger partial charge in [0.25, 0.3) is 6.43 Å². The van der Waals surface area contributed by atoms with E-state index >= 15 is 0 Å². The average molecular weight is 362 g/mol. The van der Waals surface area contributed by atoms with E-state index in [1.165, 1.54) is 22.6 Å². The van der Waals surface area contributed by atoms with Gasteiger partial charge < -0.3 is 0 Å². The SMILES string of the molecule is N#CCc1c(C(F)F)ncc(C(F)(F)F)c1I. The Morgan fingerprint density at radius 3 is 2.41 bits per heavy atom. The fraction of sp³-hybridized carbons (Fsp3) is 0.333. The third kappa shape index (κ3) is 3.02. The molecule has 8 heteroatoms. The summed E-state index contributed by atoms with van der Waals surface area (Å²) >= 11 is 1.30.